The highest BCUT2D eigenvalue weighted by Crippen LogP contribution is 2.21. The molecule has 1 heterocycles. The standard InChI is InChI=1S/C12H9NO4/c14-9-2-4-10(5-3-9)17-11-6-1-8(7-13-11)12(15)16/h1-7,14H,(H,15,16). The Kier molecular flexibility index (Phi) is 2.91. The number of carbonyl (C=O) groups is 1. The van der Waals surface area contributed by atoms with Crippen LogP contribution in [-0.2, 0) is 0 Å². The van der Waals surface area contributed by atoms with Crippen molar-refractivity contribution in [2.45, 2.75) is 0 Å². The third-order valence-corrected chi connectivity index (χ3v) is 2.04. The van der Waals surface area contributed by atoms with Gasteiger partial charge in [0.25, 0.3) is 0 Å². The summed E-state index contributed by atoms with van der Waals surface area (Å²) in [6.45, 7) is 0. The van der Waals surface area contributed by atoms with E-state index in [4.69, 9.17) is 14.9 Å². The largest absolute Gasteiger partial charge is 0.508 e. The number of pyridine rings is 1. The summed E-state index contributed by atoms with van der Waals surface area (Å²) in [6, 6.07) is 9.02. The normalized spacial score (nSPS) is 9.88. The predicted molar refractivity (Wildman–Crippen MR) is 59.4 cm³/mol. The molecule has 0 aliphatic rings. The van der Waals surface area contributed by atoms with Crippen LogP contribution in [0.2, 0.25) is 0 Å². The van der Waals surface area contributed by atoms with Crippen molar-refractivity contribution >= 4 is 5.97 Å². The maximum atomic E-state index is 10.6. The highest BCUT2D eigenvalue weighted by Gasteiger charge is 2.04. The summed E-state index contributed by atoms with van der Waals surface area (Å²) in [4.78, 5) is 14.5. The van der Waals surface area contributed by atoms with Crippen molar-refractivity contribution in [3.05, 3.63) is 48.2 Å². The fraction of sp³-hybridized carbons (Fsp3) is 0. The predicted octanol–water partition coefficient (Wildman–Crippen LogP) is 2.28. The summed E-state index contributed by atoms with van der Waals surface area (Å²) in [6.07, 6.45) is 1.22. The quantitative estimate of drug-likeness (QED) is 0.847. The Morgan fingerprint density at radius 1 is 1.12 bits per heavy atom. The number of nitrogens with zero attached hydrogens (tertiary/aromatic N) is 1. The van der Waals surface area contributed by atoms with Gasteiger partial charge in [0.15, 0.2) is 0 Å². The summed E-state index contributed by atoms with van der Waals surface area (Å²) in [5.74, 6) is -0.0840. The lowest BCUT2D eigenvalue weighted by Gasteiger charge is -2.04. The van der Waals surface area contributed by atoms with Crippen molar-refractivity contribution in [2.75, 3.05) is 0 Å². The summed E-state index contributed by atoms with van der Waals surface area (Å²) < 4.78 is 5.35. The number of aromatic hydroxyl groups is 1. The van der Waals surface area contributed by atoms with Crippen LogP contribution in [0.3, 0.4) is 0 Å². The SMILES string of the molecule is O=C(O)c1ccc(Oc2ccc(O)cc2)nc1. The van der Waals surface area contributed by atoms with E-state index in [2.05, 4.69) is 4.98 Å². The minimum absolute atomic E-state index is 0.100. The van der Waals surface area contributed by atoms with E-state index >= 15 is 0 Å². The van der Waals surface area contributed by atoms with Crippen LogP contribution in [0.5, 0.6) is 17.4 Å². The molecule has 0 fully saturated rings. The van der Waals surface area contributed by atoms with E-state index in [1.807, 2.05) is 0 Å². The maximum absolute atomic E-state index is 10.6. The first-order valence-corrected chi connectivity index (χ1v) is 4.81. The van der Waals surface area contributed by atoms with Gasteiger partial charge in [0.1, 0.15) is 11.5 Å². The van der Waals surface area contributed by atoms with Crippen molar-refractivity contribution in [1.29, 1.82) is 0 Å². The van der Waals surface area contributed by atoms with E-state index in [1.54, 1.807) is 12.1 Å². The zero-order chi connectivity index (χ0) is 12.3. The summed E-state index contributed by atoms with van der Waals surface area (Å²) >= 11 is 0. The van der Waals surface area contributed by atoms with Gasteiger partial charge >= 0.3 is 5.97 Å². The molecule has 1 aromatic carbocycles. The molecule has 0 radical (unpaired) electrons. The Balaban J connectivity index is 2.13. The van der Waals surface area contributed by atoms with Gasteiger partial charge < -0.3 is 14.9 Å². The number of aromatic carboxylic acids is 1. The Morgan fingerprint density at radius 2 is 1.82 bits per heavy atom. The summed E-state index contributed by atoms with van der Waals surface area (Å²) in [5.41, 5.74) is 0.100. The van der Waals surface area contributed by atoms with Crippen LogP contribution in [0.25, 0.3) is 0 Å². The molecule has 5 nitrogen and oxygen atoms in total. The first kappa shape index (κ1) is 10.9. The van der Waals surface area contributed by atoms with Crippen molar-refractivity contribution in [2.24, 2.45) is 0 Å². The van der Waals surface area contributed by atoms with Crippen LogP contribution in [0.15, 0.2) is 42.6 Å². The molecule has 0 atom stereocenters. The Labute approximate surface area is 96.9 Å². The average Bonchev–Trinajstić information content (AvgIpc) is 2.33. The highest BCUT2D eigenvalue weighted by atomic mass is 16.5. The number of aromatic nitrogens is 1. The Bertz CT molecular complexity index is 519. The molecule has 0 bridgehead atoms. The molecular weight excluding hydrogens is 222 g/mol. The van der Waals surface area contributed by atoms with Gasteiger partial charge in [-0.2, -0.15) is 0 Å². The molecule has 2 aromatic rings. The number of hydrogen-bond acceptors (Lipinski definition) is 4. The van der Waals surface area contributed by atoms with E-state index in [0.717, 1.165) is 0 Å². The molecule has 0 aliphatic carbocycles. The number of rotatable bonds is 3. The number of phenols is 1. The molecule has 0 aliphatic heterocycles. The van der Waals surface area contributed by atoms with Crippen LogP contribution in [0.1, 0.15) is 10.4 Å². The molecule has 0 amide bonds. The Hall–Kier alpha value is -2.56. The Morgan fingerprint density at radius 3 is 2.35 bits per heavy atom. The van der Waals surface area contributed by atoms with Crippen LogP contribution in [-0.4, -0.2) is 21.2 Å². The maximum Gasteiger partial charge on any atom is 0.337 e. The number of carboxylic acids is 1. The number of phenolic OH excluding ortho intramolecular Hbond substituents is 1. The van der Waals surface area contributed by atoms with E-state index in [0.29, 0.717) is 11.6 Å². The second-order valence-electron chi connectivity index (χ2n) is 3.29. The lowest BCUT2D eigenvalue weighted by molar-refractivity contribution is 0.0696. The number of carboxylic acid groups (broad SMARTS) is 1. The molecule has 5 heteroatoms. The zero-order valence-corrected chi connectivity index (χ0v) is 8.70. The summed E-state index contributed by atoms with van der Waals surface area (Å²) in [7, 11) is 0. The molecule has 1 aromatic heterocycles. The van der Waals surface area contributed by atoms with Gasteiger partial charge in [-0.05, 0) is 30.3 Å². The van der Waals surface area contributed by atoms with Crippen molar-refractivity contribution < 1.29 is 19.7 Å². The molecule has 0 saturated carbocycles. The molecule has 0 unspecified atom stereocenters. The minimum atomic E-state index is -1.03. The minimum Gasteiger partial charge on any atom is -0.508 e. The van der Waals surface area contributed by atoms with Crippen LogP contribution >= 0.6 is 0 Å². The molecule has 2 N–H and O–H groups in total. The molecule has 2 rings (SSSR count). The lowest BCUT2D eigenvalue weighted by atomic mass is 10.3. The first-order valence-electron chi connectivity index (χ1n) is 4.81. The van der Waals surface area contributed by atoms with E-state index in [1.165, 1.54) is 30.5 Å². The van der Waals surface area contributed by atoms with Gasteiger partial charge in [-0.25, -0.2) is 9.78 Å². The number of ether oxygens (including phenoxy) is 1. The second kappa shape index (κ2) is 4.52. The van der Waals surface area contributed by atoms with E-state index < -0.39 is 5.97 Å². The zero-order valence-electron chi connectivity index (χ0n) is 8.70. The summed E-state index contributed by atoms with van der Waals surface area (Å²) in [5, 5.41) is 17.8. The number of hydrogen-bond donors (Lipinski definition) is 2. The van der Waals surface area contributed by atoms with Crippen LogP contribution < -0.4 is 4.74 Å². The van der Waals surface area contributed by atoms with Gasteiger partial charge in [0, 0.05) is 12.3 Å². The number of benzene rings is 1. The van der Waals surface area contributed by atoms with E-state index in [9.17, 15) is 4.79 Å². The first-order chi connectivity index (χ1) is 8.15. The fourth-order valence-electron chi connectivity index (χ4n) is 1.20. The third kappa shape index (κ3) is 2.72. The smallest absolute Gasteiger partial charge is 0.337 e. The molecule has 0 spiro atoms. The van der Waals surface area contributed by atoms with Gasteiger partial charge in [-0.1, -0.05) is 0 Å². The molecular formula is C12H9NO4. The van der Waals surface area contributed by atoms with Crippen molar-refractivity contribution in [3.63, 3.8) is 0 Å². The average molecular weight is 231 g/mol. The van der Waals surface area contributed by atoms with Gasteiger partial charge in [-0.3, -0.25) is 0 Å². The van der Waals surface area contributed by atoms with Gasteiger partial charge in [0.2, 0.25) is 5.88 Å². The van der Waals surface area contributed by atoms with Gasteiger partial charge in [0.05, 0.1) is 5.56 Å². The molecule has 86 valence electrons. The van der Waals surface area contributed by atoms with Crippen LogP contribution in [0.4, 0.5) is 0 Å². The van der Waals surface area contributed by atoms with Gasteiger partial charge in [-0.15, -0.1) is 0 Å². The third-order valence-electron chi connectivity index (χ3n) is 2.04. The second-order valence-corrected chi connectivity index (χ2v) is 3.29. The fourth-order valence-corrected chi connectivity index (χ4v) is 1.20. The lowest BCUT2D eigenvalue weighted by Crippen LogP contribution is -1.97. The molecule has 17 heavy (non-hydrogen) atoms. The van der Waals surface area contributed by atoms with Crippen LogP contribution in [0, 0.1) is 0 Å². The van der Waals surface area contributed by atoms with Crippen molar-refractivity contribution in [1.82, 2.24) is 4.98 Å². The molecule has 0 saturated heterocycles. The van der Waals surface area contributed by atoms with E-state index in [-0.39, 0.29) is 11.3 Å². The van der Waals surface area contributed by atoms with Crippen molar-refractivity contribution in [3.8, 4) is 17.4 Å². The topological polar surface area (TPSA) is 79.7 Å². The monoisotopic (exact) mass is 231 g/mol. The highest BCUT2D eigenvalue weighted by molar-refractivity contribution is 5.87.